The fraction of sp³-hybridized carbons (Fsp3) is 0.545. The van der Waals surface area contributed by atoms with Crippen molar-refractivity contribution in [3.05, 3.63) is 18.0 Å². The maximum atomic E-state index is 11.6. The van der Waals surface area contributed by atoms with Crippen molar-refractivity contribution >= 4 is 11.9 Å². The zero-order valence-corrected chi connectivity index (χ0v) is 10.0. The molecule has 1 heterocycles. The van der Waals surface area contributed by atoms with Gasteiger partial charge < -0.3 is 10.4 Å². The van der Waals surface area contributed by atoms with Crippen molar-refractivity contribution in [2.24, 2.45) is 5.92 Å². The van der Waals surface area contributed by atoms with E-state index >= 15 is 0 Å². The Labute approximate surface area is 99.6 Å². The smallest absolute Gasteiger partial charge is 0.305 e. The number of nitrogens with one attached hydrogen (secondary N) is 1. The van der Waals surface area contributed by atoms with Gasteiger partial charge in [-0.3, -0.25) is 14.3 Å². The Kier molecular flexibility index (Phi) is 4.68. The van der Waals surface area contributed by atoms with Gasteiger partial charge in [-0.1, -0.05) is 13.8 Å². The van der Waals surface area contributed by atoms with E-state index in [9.17, 15) is 9.59 Å². The molecule has 17 heavy (non-hydrogen) atoms. The Hall–Kier alpha value is -1.85. The number of amides is 1. The van der Waals surface area contributed by atoms with Crippen molar-refractivity contribution in [1.29, 1.82) is 0 Å². The molecule has 0 atom stereocenters. The van der Waals surface area contributed by atoms with Crippen LogP contribution in [0, 0.1) is 5.92 Å². The van der Waals surface area contributed by atoms with E-state index in [0.29, 0.717) is 11.5 Å². The molecule has 0 unspecified atom stereocenters. The summed E-state index contributed by atoms with van der Waals surface area (Å²) in [5.41, 5.74) is 0.455. The van der Waals surface area contributed by atoms with Crippen molar-refractivity contribution in [3.63, 3.8) is 0 Å². The molecular formula is C11H17N3O3. The van der Waals surface area contributed by atoms with Crippen LogP contribution < -0.4 is 5.32 Å². The van der Waals surface area contributed by atoms with Crippen LogP contribution in [0.1, 0.15) is 30.6 Å². The molecule has 2 N–H and O–H groups in total. The first-order valence-corrected chi connectivity index (χ1v) is 5.51. The minimum Gasteiger partial charge on any atom is -0.481 e. The maximum Gasteiger partial charge on any atom is 0.305 e. The molecule has 0 aliphatic heterocycles. The first kappa shape index (κ1) is 13.2. The quantitative estimate of drug-likeness (QED) is 0.767. The van der Waals surface area contributed by atoms with E-state index in [1.165, 1.54) is 6.20 Å². The molecule has 0 aromatic carbocycles. The molecular weight excluding hydrogens is 222 g/mol. The van der Waals surface area contributed by atoms with Crippen molar-refractivity contribution in [2.45, 2.75) is 26.8 Å². The first-order valence-electron chi connectivity index (χ1n) is 5.51. The SMILES string of the molecule is CC(C)Cn1cc(C(=O)NCCC(=O)O)cn1. The van der Waals surface area contributed by atoms with E-state index in [2.05, 4.69) is 24.3 Å². The molecule has 94 valence electrons. The summed E-state index contributed by atoms with van der Waals surface area (Å²) in [4.78, 5) is 21.8. The van der Waals surface area contributed by atoms with Crippen LogP contribution >= 0.6 is 0 Å². The van der Waals surface area contributed by atoms with Gasteiger partial charge in [-0.05, 0) is 5.92 Å². The number of rotatable bonds is 6. The zero-order valence-electron chi connectivity index (χ0n) is 10.0. The highest BCUT2D eigenvalue weighted by Crippen LogP contribution is 2.01. The van der Waals surface area contributed by atoms with E-state index in [1.807, 2.05) is 0 Å². The van der Waals surface area contributed by atoms with Gasteiger partial charge >= 0.3 is 5.97 Å². The van der Waals surface area contributed by atoms with Crippen LogP contribution in [-0.4, -0.2) is 33.3 Å². The summed E-state index contributed by atoms with van der Waals surface area (Å²) in [5.74, 6) is -0.764. The minimum atomic E-state index is -0.930. The number of carbonyl (C=O) groups excluding carboxylic acids is 1. The number of carboxylic acid groups (broad SMARTS) is 1. The minimum absolute atomic E-state index is 0.0775. The number of carbonyl (C=O) groups is 2. The van der Waals surface area contributed by atoms with Crippen LogP contribution in [0.5, 0.6) is 0 Å². The van der Waals surface area contributed by atoms with Gasteiger partial charge in [0.25, 0.3) is 5.91 Å². The first-order chi connectivity index (χ1) is 7.99. The Morgan fingerprint density at radius 1 is 1.53 bits per heavy atom. The summed E-state index contributed by atoms with van der Waals surface area (Å²) >= 11 is 0. The number of aromatic nitrogens is 2. The van der Waals surface area contributed by atoms with Crippen molar-refractivity contribution in [3.8, 4) is 0 Å². The molecule has 0 bridgehead atoms. The number of nitrogens with zero attached hydrogens (tertiary/aromatic N) is 2. The van der Waals surface area contributed by atoms with E-state index in [-0.39, 0.29) is 18.9 Å². The number of hydrogen-bond donors (Lipinski definition) is 2. The monoisotopic (exact) mass is 239 g/mol. The molecule has 1 rings (SSSR count). The molecule has 0 spiro atoms. The van der Waals surface area contributed by atoms with Crippen LogP contribution in [0.2, 0.25) is 0 Å². The molecule has 6 heteroatoms. The molecule has 0 fully saturated rings. The third kappa shape index (κ3) is 4.67. The standard InChI is InChI=1S/C11H17N3O3/c1-8(2)6-14-7-9(5-13-14)11(17)12-4-3-10(15)16/h5,7-8H,3-4,6H2,1-2H3,(H,12,17)(H,15,16). The predicted octanol–water partition coefficient (Wildman–Crippen LogP) is 0.744. The van der Waals surface area contributed by atoms with E-state index < -0.39 is 5.97 Å². The van der Waals surface area contributed by atoms with Crippen LogP contribution in [0.15, 0.2) is 12.4 Å². The highest BCUT2D eigenvalue weighted by atomic mass is 16.4. The van der Waals surface area contributed by atoms with Gasteiger partial charge in [-0.2, -0.15) is 5.10 Å². The molecule has 1 amide bonds. The van der Waals surface area contributed by atoms with Crippen molar-refractivity contribution < 1.29 is 14.7 Å². The lowest BCUT2D eigenvalue weighted by Gasteiger charge is -2.03. The molecule has 0 radical (unpaired) electrons. The van der Waals surface area contributed by atoms with Gasteiger partial charge in [0.1, 0.15) is 0 Å². The summed E-state index contributed by atoms with van der Waals surface area (Å²) < 4.78 is 1.71. The second-order valence-corrected chi connectivity index (χ2v) is 4.24. The third-order valence-electron chi connectivity index (χ3n) is 2.07. The van der Waals surface area contributed by atoms with Crippen molar-refractivity contribution in [1.82, 2.24) is 15.1 Å². The van der Waals surface area contributed by atoms with Crippen LogP contribution in [0.4, 0.5) is 0 Å². The zero-order chi connectivity index (χ0) is 12.8. The van der Waals surface area contributed by atoms with Crippen LogP contribution in [0.25, 0.3) is 0 Å². The lowest BCUT2D eigenvalue weighted by atomic mass is 10.2. The molecule has 6 nitrogen and oxygen atoms in total. The van der Waals surface area contributed by atoms with Gasteiger partial charge in [0.15, 0.2) is 0 Å². The van der Waals surface area contributed by atoms with Crippen LogP contribution in [-0.2, 0) is 11.3 Å². The van der Waals surface area contributed by atoms with Gasteiger partial charge in [0.2, 0.25) is 0 Å². The van der Waals surface area contributed by atoms with Gasteiger partial charge in [-0.15, -0.1) is 0 Å². The van der Waals surface area contributed by atoms with E-state index in [4.69, 9.17) is 5.11 Å². The maximum absolute atomic E-state index is 11.6. The average molecular weight is 239 g/mol. The highest BCUT2D eigenvalue weighted by Gasteiger charge is 2.09. The number of carboxylic acids is 1. The van der Waals surface area contributed by atoms with Crippen LogP contribution in [0.3, 0.4) is 0 Å². The third-order valence-corrected chi connectivity index (χ3v) is 2.07. The molecule has 0 aliphatic carbocycles. The summed E-state index contributed by atoms with van der Waals surface area (Å²) in [6.45, 7) is 5.01. The molecule has 1 aromatic heterocycles. The Balaban J connectivity index is 2.46. The summed E-state index contributed by atoms with van der Waals surface area (Å²) in [6, 6.07) is 0. The Morgan fingerprint density at radius 2 is 2.24 bits per heavy atom. The molecule has 0 saturated heterocycles. The fourth-order valence-electron chi connectivity index (χ4n) is 1.34. The predicted molar refractivity (Wildman–Crippen MR) is 61.7 cm³/mol. The lowest BCUT2D eigenvalue weighted by molar-refractivity contribution is -0.136. The topological polar surface area (TPSA) is 84.2 Å². The van der Waals surface area contributed by atoms with Gasteiger partial charge in [-0.25, -0.2) is 0 Å². The van der Waals surface area contributed by atoms with Gasteiger partial charge in [0.05, 0.1) is 18.2 Å². The summed E-state index contributed by atoms with van der Waals surface area (Å²) in [6.07, 6.45) is 3.07. The van der Waals surface area contributed by atoms with Gasteiger partial charge in [0, 0.05) is 19.3 Å². The largest absolute Gasteiger partial charge is 0.481 e. The van der Waals surface area contributed by atoms with E-state index in [0.717, 1.165) is 6.54 Å². The molecule has 0 aliphatic rings. The van der Waals surface area contributed by atoms with Crippen molar-refractivity contribution in [2.75, 3.05) is 6.54 Å². The number of hydrogen-bond acceptors (Lipinski definition) is 3. The summed E-state index contributed by atoms with van der Waals surface area (Å²) in [7, 11) is 0. The second kappa shape index (κ2) is 6.03. The lowest BCUT2D eigenvalue weighted by Crippen LogP contribution is -2.25. The second-order valence-electron chi connectivity index (χ2n) is 4.24. The molecule has 0 saturated carbocycles. The highest BCUT2D eigenvalue weighted by molar-refractivity contribution is 5.93. The average Bonchev–Trinajstić information content (AvgIpc) is 2.64. The van der Waals surface area contributed by atoms with E-state index in [1.54, 1.807) is 10.9 Å². The fourth-order valence-corrected chi connectivity index (χ4v) is 1.34. The number of aliphatic carboxylic acids is 1. The summed E-state index contributed by atoms with van der Waals surface area (Å²) in [5, 5.41) is 15.0. The normalized spacial score (nSPS) is 10.5. The Bertz CT molecular complexity index is 398. The molecule has 1 aromatic rings. The Morgan fingerprint density at radius 3 is 2.82 bits per heavy atom.